The smallest absolute Gasteiger partial charge is 0.371 e. The topological polar surface area (TPSA) is 149 Å². The number of benzene rings is 2. The van der Waals surface area contributed by atoms with Crippen molar-refractivity contribution in [1.82, 2.24) is 34.3 Å². The second-order valence-electron chi connectivity index (χ2n) is 15.6. The number of amides is 3. The zero-order valence-electron chi connectivity index (χ0n) is 31.8. The lowest BCUT2D eigenvalue weighted by atomic mass is 9.87. The van der Waals surface area contributed by atoms with Gasteiger partial charge in [-0.05, 0) is 93.3 Å². The maximum Gasteiger partial charge on any atom is 0.419 e. The minimum atomic E-state index is -4.51. The molecule has 304 valence electrons. The van der Waals surface area contributed by atoms with Crippen LogP contribution >= 0.6 is 0 Å². The van der Waals surface area contributed by atoms with Gasteiger partial charge in [0.2, 0.25) is 21.9 Å². The Kier molecular flexibility index (Phi) is 10.9. The van der Waals surface area contributed by atoms with Crippen molar-refractivity contribution >= 4 is 50.3 Å². The number of nitrogens with one attached hydrogen (secondary N) is 2. The van der Waals surface area contributed by atoms with Crippen LogP contribution in [-0.2, 0) is 28.0 Å². The van der Waals surface area contributed by atoms with Crippen molar-refractivity contribution in [3.05, 3.63) is 66.0 Å². The lowest BCUT2D eigenvalue weighted by Crippen LogP contribution is -2.49. The summed E-state index contributed by atoms with van der Waals surface area (Å²) in [6, 6.07) is 12.8. The average molecular weight is 809 g/mol. The van der Waals surface area contributed by atoms with E-state index >= 15 is 0 Å². The Morgan fingerprint density at radius 2 is 1.58 bits per heavy atom. The van der Waals surface area contributed by atoms with Crippen LogP contribution in [-0.4, -0.2) is 108 Å². The number of imide groups is 1. The van der Waals surface area contributed by atoms with Crippen LogP contribution < -0.4 is 20.4 Å². The summed E-state index contributed by atoms with van der Waals surface area (Å²) in [6.07, 6.45) is 2.26. The molecule has 0 spiro atoms. The number of rotatable bonds is 9. The van der Waals surface area contributed by atoms with E-state index in [9.17, 15) is 31.2 Å². The molecular formula is C39H47F3N10O4S. The first-order valence-corrected chi connectivity index (χ1v) is 21.1. The molecule has 0 aliphatic carbocycles. The number of hydrogen-bond donors (Lipinski definition) is 2. The highest BCUT2D eigenvalue weighted by Crippen LogP contribution is 2.37. The molecule has 57 heavy (non-hydrogen) atoms. The molecule has 0 atom stereocenters. The van der Waals surface area contributed by atoms with Gasteiger partial charge in [-0.2, -0.15) is 22.6 Å². The Bertz CT molecular complexity index is 2210. The van der Waals surface area contributed by atoms with Crippen molar-refractivity contribution in [1.29, 1.82) is 0 Å². The van der Waals surface area contributed by atoms with Crippen molar-refractivity contribution in [2.75, 3.05) is 67.5 Å². The molecule has 4 aliphatic heterocycles. The van der Waals surface area contributed by atoms with Crippen LogP contribution in [0.3, 0.4) is 0 Å². The van der Waals surface area contributed by atoms with Gasteiger partial charge in [-0.15, -0.1) is 0 Å². The number of hydrogen-bond acceptors (Lipinski definition) is 10. The fourth-order valence-corrected chi connectivity index (χ4v) is 10.3. The number of piperidine rings is 3. The fourth-order valence-electron chi connectivity index (χ4n) is 8.77. The first-order valence-electron chi connectivity index (χ1n) is 19.6. The number of nitrogens with zero attached hydrogens (tertiary/aromatic N) is 8. The Hall–Kier alpha value is -4.81. The van der Waals surface area contributed by atoms with E-state index in [1.807, 2.05) is 29.9 Å². The molecule has 3 amide bonds. The van der Waals surface area contributed by atoms with Gasteiger partial charge >= 0.3 is 12.2 Å². The number of aromatic nitrogens is 4. The monoisotopic (exact) mass is 808 g/mol. The van der Waals surface area contributed by atoms with Crippen LogP contribution in [0.15, 0.2) is 59.8 Å². The van der Waals surface area contributed by atoms with Crippen molar-refractivity contribution < 1.29 is 31.2 Å². The van der Waals surface area contributed by atoms with Crippen molar-refractivity contribution in [3.63, 3.8) is 0 Å². The fraction of sp³-hybridized carbons (Fsp3) is 0.513. The van der Waals surface area contributed by atoms with E-state index in [4.69, 9.17) is 5.10 Å². The number of carbonyl (C=O) groups is 2. The molecule has 0 radical (unpaired) electrons. The number of fused-ring (bicyclic) bond motifs is 1. The molecule has 2 N–H and O–H groups in total. The van der Waals surface area contributed by atoms with E-state index in [-0.39, 0.29) is 42.3 Å². The van der Waals surface area contributed by atoms with E-state index in [1.165, 1.54) is 9.87 Å². The van der Waals surface area contributed by atoms with Crippen LogP contribution in [0.4, 0.5) is 35.4 Å². The van der Waals surface area contributed by atoms with Crippen molar-refractivity contribution in [2.24, 2.45) is 13.0 Å². The third-order valence-electron chi connectivity index (χ3n) is 11.9. The highest BCUT2D eigenvalue weighted by atomic mass is 32.2. The summed E-state index contributed by atoms with van der Waals surface area (Å²) in [4.78, 5) is 38.5. The molecule has 0 bridgehead atoms. The number of aryl methyl sites for hydroxylation is 1. The zero-order chi connectivity index (χ0) is 39.9. The number of alkyl halides is 3. The number of likely N-dealkylation sites (tertiary alicyclic amines) is 1. The second kappa shape index (κ2) is 15.9. The SMILES string of the molecule is Cn1nc(N2CCC(=O)NC2=O)c2cccc(C3CCN(CC4CCN(c5cccc(S(=O)(=O)N6CCC(Nc7ncc(C(F)(F)F)cn7)CC6)c5)CC4)CC3)c21. The standard InChI is InChI=1S/C39H47F3N10O4S/c1-48-35-32(6-3-7-33(35)36(47-48)52-21-14-34(53)46-38(52)54)27-10-15-49(16-11-27)25-26-8-17-50(18-9-26)30-4-2-5-31(22-30)57(55,56)51-19-12-29(13-20-51)45-37-43-23-28(24-44-37)39(40,41)42/h2-7,22-24,26-27,29H,8-21,25H2,1H3,(H,43,44,45)(H,46,53,54). The summed E-state index contributed by atoms with van der Waals surface area (Å²) in [5, 5.41) is 11.1. The molecule has 4 aromatic rings. The molecule has 14 nitrogen and oxygen atoms in total. The molecule has 18 heteroatoms. The molecule has 6 heterocycles. The molecule has 4 saturated heterocycles. The Labute approximate surface area is 329 Å². The van der Waals surface area contributed by atoms with E-state index in [0.717, 1.165) is 87.4 Å². The third kappa shape index (κ3) is 8.30. The summed E-state index contributed by atoms with van der Waals surface area (Å²) in [7, 11) is -1.82. The highest BCUT2D eigenvalue weighted by Gasteiger charge is 2.34. The number of urea groups is 1. The van der Waals surface area contributed by atoms with Gasteiger partial charge in [0.25, 0.3) is 0 Å². The number of anilines is 3. The maximum absolute atomic E-state index is 13.7. The van der Waals surface area contributed by atoms with Gasteiger partial charge in [0.05, 0.1) is 16.0 Å². The molecule has 4 fully saturated rings. The predicted molar refractivity (Wildman–Crippen MR) is 208 cm³/mol. The van der Waals surface area contributed by atoms with Crippen molar-refractivity contribution in [2.45, 2.75) is 68.0 Å². The van der Waals surface area contributed by atoms with Crippen LogP contribution in [0, 0.1) is 5.92 Å². The zero-order valence-corrected chi connectivity index (χ0v) is 32.6. The largest absolute Gasteiger partial charge is 0.419 e. The van der Waals surface area contributed by atoms with E-state index in [2.05, 4.69) is 36.5 Å². The highest BCUT2D eigenvalue weighted by molar-refractivity contribution is 7.89. The van der Waals surface area contributed by atoms with E-state index in [0.29, 0.717) is 37.0 Å². The Morgan fingerprint density at radius 1 is 0.877 bits per heavy atom. The first kappa shape index (κ1) is 39.0. The van der Waals surface area contributed by atoms with E-state index < -0.39 is 27.8 Å². The lowest BCUT2D eigenvalue weighted by Gasteiger charge is -2.38. The maximum atomic E-state index is 13.7. The summed E-state index contributed by atoms with van der Waals surface area (Å²) < 4.78 is 69.3. The number of sulfonamides is 1. The third-order valence-corrected chi connectivity index (χ3v) is 13.8. The average Bonchev–Trinajstić information content (AvgIpc) is 3.54. The second-order valence-corrected chi connectivity index (χ2v) is 17.5. The normalized spacial score (nSPS) is 20.4. The van der Waals surface area contributed by atoms with Crippen LogP contribution in [0.5, 0.6) is 0 Å². The molecular weight excluding hydrogens is 762 g/mol. The van der Waals surface area contributed by atoms with Gasteiger partial charge in [0.1, 0.15) is 0 Å². The summed E-state index contributed by atoms with van der Waals surface area (Å²) >= 11 is 0. The van der Waals surface area contributed by atoms with Crippen LogP contribution in [0.2, 0.25) is 0 Å². The first-order chi connectivity index (χ1) is 27.3. The summed E-state index contributed by atoms with van der Waals surface area (Å²) in [5.74, 6) is 1.33. The van der Waals surface area contributed by atoms with Crippen LogP contribution in [0.1, 0.15) is 62.0 Å². The Balaban J connectivity index is 0.814. The molecule has 0 unspecified atom stereocenters. The molecule has 2 aromatic heterocycles. The van der Waals surface area contributed by atoms with Crippen molar-refractivity contribution in [3.8, 4) is 0 Å². The van der Waals surface area contributed by atoms with Gasteiger partial charge < -0.3 is 15.1 Å². The van der Waals surface area contributed by atoms with Gasteiger partial charge in [-0.1, -0.05) is 18.2 Å². The predicted octanol–water partition coefficient (Wildman–Crippen LogP) is 5.19. The Morgan fingerprint density at radius 3 is 2.26 bits per heavy atom. The number of carbonyl (C=O) groups excluding carboxylic acids is 2. The molecule has 8 rings (SSSR count). The van der Waals surface area contributed by atoms with Gasteiger partial charge in [0, 0.05) is 82.2 Å². The molecule has 2 aromatic carbocycles. The lowest BCUT2D eigenvalue weighted by molar-refractivity contribution is -0.138. The minimum absolute atomic E-state index is 0.0866. The molecule has 0 saturated carbocycles. The molecule has 4 aliphatic rings. The minimum Gasteiger partial charge on any atom is -0.371 e. The summed E-state index contributed by atoms with van der Waals surface area (Å²) in [6.45, 7) is 5.59. The van der Waals surface area contributed by atoms with Gasteiger partial charge in [-0.3, -0.25) is 19.7 Å². The van der Waals surface area contributed by atoms with Gasteiger partial charge in [0.15, 0.2) is 5.82 Å². The van der Waals surface area contributed by atoms with E-state index in [1.54, 1.807) is 23.1 Å². The van der Waals surface area contributed by atoms with Crippen LogP contribution in [0.25, 0.3) is 10.9 Å². The quantitative estimate of drug-likeness (QED) is 0.232. The van der Waals surface area contributed by atoms with Gasteiger partial charge in [-0.25, -0.2) is 23.2 Å². The number of para-hydroxylation sites is 1. The summed E-state index contributed by atoms with van der Waals surface area (Å²) in [5.41, 5.74) is 2.25. The number of halogens is 3.